The minimum absolute atomic E-state index is 0.214. The quantitative estimate of drug-likeness (QED) is 0.622. The van der Waals surface area contributed by atoms with Crippen LogP contribution in [0, 0.1) is 0 Å². The molecule has 0 rings (SSSR count). The highest BCUT2D eigenvalue weighted by molar-refractivity contribution is 5.67. The Bertz CT molecular complexity index is 203. The van der Waals surface area contributed by atoms with Gasteiger partial charge in [0.15, 0.2) is 0 Å². The maximum atomic E-state index is 10.6. The Morgan fingerprint density at radius 1 is 1.54 bits per heavy atom. The van der Waals surface area contributed by atoms with E-state index in [1.54, 1.807) is 6.92 Å². The van der Waals surface area contributed by atoms with Crippen molar-refractivity contribution in [2.45, 2.75) is 6.92 Å². The minimum Gasteiger partial charge on any atom is -0.450 e. The monoisotopic (exact) mass is 188 g/mol. The molecule has 0 heterocycles. The summed E-state index contributed by atoms with van der Waals surface area (Å²) in [4.78, 5) is 20.7. The van der Waals surface area contributed by atoms with Crippen LogP contribution < -0.4 is 11.1 Å². The molecule has 0 radical (unpaired) electrons. The fourth-order valence-corrected chi connectivity index (χ4v) is 0.488. The van der Waals surface area contributed by atoms with E-state index in [9.17, 15) is 9.59 Å². The maximum Gasteiger partial charge on any atom is 0.409 e. The lowest BCUT2D eigenvalue weighted by atomic mass is 10.6. The van der Waals surface area contributed by atoms with Crippen molar-refractivity contribution in [2.75, 3.05) is 13.2 Å². The van der Waals surface area contributed by atoms with Crippen LogP contribution in [0.1, 0.15) is 6.92 Å². The molecule has 3 N–H and O–H groups in total. The van der Waals surface area contributed by atoms with Crippen molar-refractivity contribution in [3.63, 3.8) is 0 Å². The molecule has 2 amide bonds. The summed E-state index contributed by atoms with van der Waals surface area (Å²) in [5.74, 6) is 0. The average molecular weight is 188 g/mol. The number of ether oxygens (including phenoxy) is 2. The molecule has 0 aliphatic heterocycles. The number of carbonyl (C=O) groups excluding carboxylic acids is 2. The lowest BCUT2D eigenvalue weighted by molar-refractivity contribution is 0.153. The van der Waals surface area contributed by atoms with Crippen LogP contribution in [0.25, 0.3) is 0 Å². The Kier molecular flexibility index (Phi) is 6.04. The summed E-state index contributed by atoms with van der Waals surface area (Å²) in [6.07, 6.45) is 1.09. The van der Waals surface area contributed by atoms with Gasteiger partial charge in [0.2, 0.25) is 0 Å². The molecule has 0 saturated carbocycles. The summed E-state index contributed by atoms with van der Waals surface area (Å²) in [6, 6.07) is 0. The van der Waals surface area contributed by atoms with Gasteiger partial charge in [-0.05, 0) is 13.0 Å². The third-order valence-electron chi connectivity index (χ3n) is 0.920. The Morgan fingerprint density at radius 2 is 2.23 bits per heavy atom. The Balaban J connectivity index is 3.38. The first kappa shape index (κ1) is 11.3. The van der Waals surface area contributed by atoms with Crippen molar-refractivity contribution in [1.29, 1.82) is 0 Å². The van der Waals surface area contributed by atoms with Crippen LogP contribution in [-0.4, -0.2) is 25.3 Å². The van der Waals surface area contributed by atoms with E-state index in [1.807, 2.05) is 0 Å². The molecular formula is C7H12N2O4. The van der Waals surface area contributed by atoms with Gasteiger partial charge in [0, 0.05) is 6.54 Å². The first-order valence-electron chi connectivity index (χ1n) is 3.68. The Labute approximate surface area is 75.7 Å². The first-order valence-corrected chi connectivity index (χ1v) is 3.68. The molecule has 0 aromatic rings. The summed E-state index contributed by atoms with van der Waals surface area (Å²) >= 11 is 0. The highest BCUT2D eigenvalue weighted by Gasteiger charge is 1.95. The van der Waals surface area contributed by atoms with Crippen LogP contribution in [0.5, 0.6) is 0 Å². The van der Waals surface area contributed by atoms with Gasteiger partial charge in [0.25, 0.3) is 0 Å². The number of amides is 2. The van der Waals surface area contributed by atoms with Gasteiger partial charge in [-0.1, -0.05) is 0 Å². The largest absolute Gasteiger partial charge is 0.450 e. The third kappa shape index (κ3) is 8.18. The molecule has 0 bridgehead atoms. The Morgan fingerprint density at radius 3 is 2.77 bits per heavy atom. The molecule has 0 aromatic carbocycles. The van der Waals surface area contributed by atoms with Crippen molar-refractivity contribution < 1.29 is 19.1 Å². The molecule has 0 aromatic heterocycles. The number of rotatable bonds is 4. The van der Waals surface area contributed by atoms with Gasteiger partial charge in [-0.3, -0.25) is 0 Å². The molecule has 0 fully saturated rings. The standard InChI is InChI=1S/C7H12N2O4/c1-2-12-7(11)9-4-3-5-13-6(8)10/h3,5H,2,4H2,1H3,(H2,8,10)(H,9,11)/b5-3+. The van der Waals surface area contributed by atoms with Gasteiger partial charge < -0.3 is 20.5 Å². The second kappa shape index (κ2) is 6.96. The second-order valence-electron chi connectivity index (χ2n) is 1.91. The fourth-order valence-electron chi connectivity index (χ4n) is 0.488. The van der Waals surface area contributed by atoms with Gasteiger partial charge in [0.05, 0.1) is 12.9 Å². The number of hydrogen-bond acceptors (Lipinski definition) is 4. The highest BCUT2D eigenvalue weighted by Crippen LogP contribution is 1.78. The van der Waals surface area contributed by atoms with E-state index in [2.05, 4.69) is 20.5 Å². The Hall–Kier alpha value is -1.72. The number of hydrogen-bond donors (Lipinski definition) is 2. The van der Waals surface area contributed by atoms with E-state index < -0.39 is 12.2 Å². The topological polar surface area (TPSA) is 90.7 Å². The van der Waals surface area contributed by atoms with Crippen molar-refractivity contribution in [3.8, 4) is 0 Å². The summed E-state index contributed by atoms with van der Waals surface area (Å²) < 4.78 is 8.80. The molecule has 0 atom stereocenters. The number of carbonyl (C=O) groups is 2. The summed E-state index contributed by atoms with van der Waals surface area (Å²) in [7, 11) is 0. The van der Waals surface area contributed by atoms with Crippen LogP contribution in [-0.2, 0) is 9.47 Å². The molecule has 0 aliphatic carbocycles. The van der Waals surface area contributed by atoms with Gasteiger partial charge >= 0.3 is 12.2 Å². The van der Waals surface area contributed by atoms with Gasteiger partial charge in [0.1, 0.15) is 0 Å². The van der Waals surface area contributed by atoms with E-state index in [0.29, 0.717) is 6.61 Å². The zero-order valence-corrected chi connectivity index (χ0v) is 7.28. The van der Waals surface area contributed by atoms with Crippen molar-refractivity contribution >= 4 is 12.2 Å². The molecular weight excluding hydrogens is 176 g/mol. The van der Waals surface area contributed by atoms with Crippen LogP contribution in [0.3, 0.4) is 0 Å². The van der Waals surface area contributed by atoms with Crippen molar-refractivity contribution in [1.82, 2.24) is 5.32 Å². The van der Waals surface area contributed by atoms with Crippen LogP contribution in [0.4, 0.5) is 9.59 Å². The molecule has 13 heavy (non-hydrogen) atoms. The van der Waals surface area contributed by atoms with Crippen molar-refractivity contribution in [3.05, 3.63) is 12.3 Å². The molecule has 0 spiro atoms. The van der Waals surface area contributed by atoms with Gasteiger partial charge in [-0.15, -0.1) is 0 Å². The lowest BCUT2D eigenvalue weighted by Gasteiger charge is -2.00. The normalized spacial score (nSPS) is 9.62. The first-order chi connectivity index (χ1) is 6.16. The highest BCUT2D eigenvalue weighted by atomic mass is 16.5. The van der Waals surface area contributed by atoms with E-state index in [0.717, 1.165) is 6.26 Å². The molecule has 0 unspecified atom stereocenters. The van der Waals surface area contributed by atoms with Crippen LogP contribution in [0.15, 0.2) is 12.3 Å². The number of nitrogens with two attached hydrogens (primary N) is 1. The zero-order valence-electron chi connectivity index (χ0n) is 7.28. The number of alkyl carbamates (subject to hydrolysis) is 1. The molecule has 6 nitrogen and oxygen atoms in total. The molecule has 0 saturated heterocycles. The minimum atomic E-state index is -0.896. The van der Waals surface area contributed by atoms with E-state index in [-0.39, 0.29) is 6.54 Å². The van der Waals surface area contributed by atoms with Crippen LogP contribution in [0.2, 0.25) is 0 Å². The van der Waals surface area contributed by atoms with Gasteiger partial charge in [-0.25, -0.2) is 9.59 Å². The zero-order chi connectivity index (χ0) is 10.1. The lowest BCUT2D eigenvalue weighted by Crippen LogP contribution is -2.24. The molecule has 0 aliphatic rings. The SMILES string of the molecule is CCOC(=O)NC/C=C/OC(N)=O. The predicted molar refractivity (Wildman–Crippen MR) is 44.8 cm³/mol. The maximum absolute atomic E-state index is 10.6. The number of primary amides is 1. The van der Waals surface area contributed by atoms with E-state index >= 15 is 0 Å². The number of nitrogens with one attached hydrogen (secondary N) is 1. The second-order valence-corrected chi connectivity index (χ2v) is 1.91. The van der Waals surface area contributed by atoms with E-state index in [4.69, 9.17) is 0 Å². The summed E-state index contributed by atoms with van der Waals surface area (Å²) in [5, 5.41) is 2.38. The fraction of sp³-hybridized carbons (Fsp3) is 0.429. The smallest absolute Gasteiger partial charge is 0.409 e. The van der Waals surface area contributed by atoms with Crippen LogP contribution >= 0.6 is 0 Å². The third-order valence-corrected chi connectivity index (χ3v) is 0.920. The average Bonchev–Trinajstić information content (AvgIpc) is 2.03. The molecule has 74 valence electrons. The predicted octanol–water partition coefficient (Wildman–Crippen LogP) is 0.342. The van der Waals surface area contributed by atoms with Crippen molar-refractivity contribution in [2.24, 2.45) is 5.73 Å². The van der Waals surface area contributed by atoms with Gasteiger partial charge in [-0.2, -0.15) is 0 Å². The summed E-state index contributed by atoms with van der Waals surface area (Å²) in [6.45, 7) is 2.23. The molecule has 6 heteroatoms. The van der Waals surface area contributed by atoms with E-state index in [1.165, 1.54) is 6.08 Å². The summed E-state index contributed by atoms with van der Waals surface area (Å²) in [5.41, 5.74) is 4.66.